The van der Waals surface area contributed by atoms with Gasteiger partial charge in [-0.2, -0.15) is 0 Å². The van der Waals surface area contributed by atoms with E-state index in [0.29, 0.717) is 6.04 Å². The number of carbonyl (C=O) groups is 1. The van der Waals surface area contributed by atoms with Crippen LogP contribution in [0.5, 0.6) is 0 Å². The molecule has 0 fully saturated rings. The molecule has 0 aromatic rings. The normalized spacial score (nSPS) is 13.8. The average molecular weight is 172 g/mol. The van der Waals surface area contributed by atoms with Gasteiger partial charge >= 0.3 is 0 Å². The maximum Gasteiger partial charge on any atom is 0.234 e. The van der Waals surface area contributed by atoms with Crippen molar-refractivity contribution in [3.63, 3.8) is 0 Å². The van der Waals surface area contributed by atoms with Gasteiger partial charge in [0.05, 0.1) is 6.04 Å². The number of amides is 1. The lowest BCUT2D eigenvalue weighted by Gasteiger charge is -2.31. The first kappa shape index (κ1) is 11.4. The molecule has 3 nitrogen and oxygen atoms in total. The Balaban J connectivity index is 4.33. The molecule has 1 unspecified atom stereocenters. The molecule has 0 spiro atoms. The number of nitrogens with two attached hydrogens (primary N) is 1. The van der Waals surface area contributed by atoms with Crippen LogP contribution in [0.15, 0.2) is 0 Å². The molecular weight excluding hydrogens is 152 g/mol. The Morgan fingerprint density at radius 2 is 1.92 bits per heavy atom. The molecule has 0 aliphatic rings. The minimum Gasteiger partial charge on any atom is -0.368 e. The molecular formula is C9H20N2O. The fourth-order valence-corrected chi connectivity index (χ4v) is 1.54. The monoisotopic (exact) mass is 172 g/mol. The van der Waals surface area contributed by atoms with Crippen LogP contribution in [0.4, 0.5) is 0 Å². The number of carbonyl (C=O) groups excluding carboxylic acids is 1. The Morgan fingerprint density at radius 1 is 1.42 bits per heavy atom. The number of rotatable bonds is 5. The molecule has 0 saturated heterocycles. The molecule has 2 N–H and O–H groups in total. The van der Waals surface area contributed by atoms with Gasteiger partial charge in [-0.25, -0.2) is 0 Å². The van der Waals surface area contributed by atoms with E-state index in [2.05, 4.69) is 18.7 Å². The summed E-state index contributed by atoms with van der Waals surface area (Å²) < 4.78 is 0. The summed E-state index contributed by atoms with van der Waals surface area (Å²) in [6, 6.07) is 0.280. The van der Waals surface area contributed by atoms with Crippen molar-refractivity contribution in [2.45, 2.75) is 46.2 Å². The third-order valence-electron chi connectivity index (χ3n) is 2.14. The zero-order chi connectivity index (χ0) is 9.72. The van der Waals surface area contributed by atoms with Gasteiger partial charge in [0.1, 0.15) is 0 Å². The van der Waals surface area contributed by atoms with E-state index in [9.17, 15) is 4.79 Å². The minimum absolute atomic E-state index is 0.102. The van der Waals surface area contributed by atoms with Crippen LogP contribution in [0.25, 0.3) is 0 Å². The molecule has 0 saturated carbocycles. The van der Waals surface area contributed by atoms with Crippen LogP contribution in [-0.2, 0) is 4.79 Å². The highest BCUT2D eigenvalue weighted by atomic mass is 16.1. The Kier molecular flexibility index (Phi) is 4.90. The zero-order valence-electron chi connectivity index (χ0n) is 8.50. The van der Waals surface area contributed by atoms with Crippen LogP contribution in [-0.4, -0.2) is 29.4 Å². The van der Waals surface area contributed by atoms with Gasteiger partial charge in [-0.15, -0.1) is 0 Å². The van der Waals surface area contributed by atoms with Gasteiger partial charge in [0.25, 0.3) is 0 Å². The van der Waals surface area contributed by atoms with E-state index in [0.717, 1.165) is 13.0 Å². The fourth-order valence-electron chi connectivity index (χ4n) is 1.54. The minimum atomic E-state index is -0.215. The van der Waals surface area contributed by atoms with Crippen LogP contribution >= 0.6 is 0 Å². The quantitative estimate of drug-likeness (QED) is 0.672. The van der Waals surface area contributed by atoms with Gasteiger partial charge in [-0.05, 0) is 26.8 Å². The van der Waals surface area contributed by atoms with Crippen molar-refractivity contribution >= 4 is 5.91 Å². The fraction of sp³-hybridized carbons (Fsp3) is 0.889. The zero-order valence-corrected chi connectivity index (χ0v) is 8.50. The number of likely N-dealkylation sites (N-methyl/N-ethyl adjacent to an activating group) is 1. The van der Waals surface area contributed by atoms with Gasteiger partial charge in [-0.1, -0.05) is 13.8 Å². The summed E-state index contributed by atoms with van der Waals surface area (Å²) >= 11 is 0. The summed E-state index contributed by atoms with van der Waals surface area (Å²) in [7, 11) is 0. The van der Waals surface area contributed by atoms with E-state index in [1.165, 1.54) is 0 Å². The molecule has 1 atom stereocenters. The van der Waals surface area contributed by atoms with E-state index in [1.54, 1.807) is 0 Å². The van der Waals surface area contributed by atoms with E-state index in [4.69, 9.17) is 5.73 Å². The first-order valence-electron chi connectivity index (χ1n) is 4.59. The summed E-state index contributed by atoms with van der Waals surface area (Å²) in [4.78, 5) is 13.1. The Labute approximate surface area is 74.9 Å². The summed E-state index contributed by atoms with van der Waals surface area (Å²) in [6.45, 7) is 9.06. The number of hydrogen-bond acceptors (Lipinski definition) is 2. The lowest BCUT2D eigenvalue weighted by Crippen LogP contribution is -2.47. The van der Waals surface area contributed by atoms with Crippen molar-refractivity contribution < 1.29 is 4.79 Å². The molecule has 72 valence electrons. The van der Waals surface area contributed by atoms with Crippen molar-refractivity contribution in [2.24, 2.45) is 5.73 Å². The van der Waals surface area contributed by atoms with Crippen LogP contribution in [0.2, 0.25) is 0 Å². The summed E-state index contributed by atoms with van der Waals surface area (Å²) in [5.41, 5.74) is 5.28. The molecule has 0 aliphatic heterocycles. The van der Waals surface area contributed by atoms with E-state index >= 15 is 0 Å². The molecule has 0 aromatic carbocycles. The summed E-state index contributed by atoms with van der Waals surface area (Å²) in [5, 5.41) is 0. The average Bonchev–Trinajstić information content (AvgIpc) is 1.98. The van der Waals surface area contributed by atoms with E-state index in [-0.39, 0.29) is 11.9 Å². The third kappa shape index (κ3) is 2.81. The van der Waals surface area contributed by atoms with E-state index < -0.39 is 0 Å². The molecule has 0 radical (unpaired) electrons. The molecule has 3 heteroatoms. The van der Waals surface area contributed by atoms with Crippen LogP contribution in [0, 0.1) is 0 Å². The standard InChI is InChI=1S/C9H20N2O/c1-5-8(9(10)12)11(6-2)7(3)4/h7-8H,5-6H2,1-4H3,(H2,10,12). The molecule has 12 heavy (non-hydrogen) atoms. The van der Waals surface area contributed by atoms with Gasteiger partial charge in [-0.3, -0.25) is 9.69 Å². The van der Waals surface area contributed by atoms with E-state index in [1.807, 2.05) is 13.8 Å². The van der Waals surface area contributed by atoms with Gasteiger partial charge in [0.2, 0.25) is 5.91 Å². The predicted molar refractivity (Wildman–Crippen MR) is 50.8 cm³/mol. The van der Waals surface area contributed by atoms with Crippen LogP contribution in [0.3, 0.4) is 0 Å². The highest BCUT2D eigenvalue weighted by molar-refractivity contribution is 5.79. The van der Waals surface area contributed by atoms with Crippen LogP contribution in [0.1, 0.15) is 34.1 Å². The second-order valence-electron chi connectivity index (χ2n) is 3.25. The topological polar surface area (TPSA) is 46.3 Å². The second kappa shape index (κ2) is 5.14. The number of nitrogens with zero attached hydrogens (tertiary/aromatic N) is 1. The van der Waals surface area contributed by atoms with Gasteiger partial charge < -0.3 is 5.73 Å². The van der Waals surface area contributed by atoms with Crippen molar-refractivity contribution in [2.75, 3.05) is 6.54 Å². The molecule has 0 bridgehead atoms. The lowest BCUT2D eigenvalue weighted by atomic mass is 10.1. The van der Waals surface area contributed by atoms with Gasteiger partial charge in [0.15, 0.2) is 0 Å². The summed E-state index contributed by atoms with van der Waals surface area (Å²) in [5.74, 6) is -0.215. The highest BCUT2D eigenvalue weighted by Gasteiger charge is 2.22. The van der Waals surface area contributed by atoms with Crippen molar-refractivity contribution in [3.05, 3.63) is 0 Å². The smallest absolute Gasteiger partial charge is 0.234 e. The van der Waals surface area contributed by atoms with Gasteiger partial charge in [0, 0.05) is 6.04 Å². The number of primary amides is 1. The first-order chi connectivity index (χ1) is 5.54. The Bertz CT molecular complexity index is 145. The molecule has 0 aromatic heterocycles. The van der Waals surface area contributed by atoms with Crippen molar-refractivity contribution in [1.82, 2.24) is 4.90 Å². The Morgan fingerprint density at radius 3 is 2.00 bits per heavy atom. The predicted octanol–water partition coefficient (Wildman–Crippen LogP) is 0.981. The summed E-state index contributed by atoms with van der Waals surface area (Å²) in [6.07, 6.45) is 0.793. The molecule has 0 aliphatic carbocycles. The van der Waals surface area contributed by atoms with Crippen molar-refractivity contribution in [1.29, 1.82) is 0 Å². The molecule has 1 amide bonds. The SMILES string of the molecule is CCC(C(N)=O)N(CC)C(C)C. The first-order valence-corrected chi connectivity index (χ1v) is 4.59. The maximum atomic E-state index is 11.0. The lowest BCUT2D eigenvalue weighted by molar-refractivity contribution is -0.124. The molecule has 0 rings (SSSR count). The largest absolute Gasteiger partial charge is 0.368 e. The highest BCUT2D eigenvalue weighted by Crippen LogP contribution is 2.07. The maximum absolute atomic E-state index is 11.0. The second-order valence-corrected chi connectivity index (χ2v) is 3.25. The number of hydrogen-bond donors (Lipinski definition) is 1. The van der Waals surface area contributed by atoms with Crippen molar-refractivity contribution in [3.8, 4) is 0 Å². The molecule has 0 heterocycles. The Hall–Kier alpha value is -0.570. The third-order valence-corrected chi connectivity index (χ3v) is 2.14. The van der Waals surface area contributed by atoms with Crippen LogP contribution < -0.4 is 5.73 Å².